The monoisotopic (exact) mass is 472 g/mol. The molecule has 0 saturated heterocycles. The summed E-state index contributed by atoms with van der Waals surface area (Å²) in [5.41, 5.74) is -0.532. The Morgan fingerprint density at radius 1 is 1.00 bits per heavy atom. The topological polar surface area (TPSA) is 44.8 Å². The third kappa shape index (κ3) is 5.37. The average molecular weight is 472 g/mol. The second kappa shape index (κ2) is 9.15. The number of rotatable bonds is 6. The van der Waals surface area contributed by atoms with Gasteiger partial charge in [-0.1, -0.05) is 0 Å². The zero-order valence-electron chi connectivity index (χ0n) is 17.1. The number of benzene rings is 2. The molecule has 32 heavy (non-hydrogen) atoms. The normalized spacial score (nSPS) is 11.4. The molecule has 2 aromatic carbocycles. The number of hydrogen-bond donors (Lipinski definition) is 0. The van der Waals surface area contributed by atoms with Gasteiger partial charge in [0, 0.05) is 27.8 Å². The highest BCUT2D eigenvalue weighted by atomic mass is 32.1. The van der Waals surface area contributed by atoms with Crippen LogP contribution in [0.15, 0.2) is 36.4 Å². The van der Waals surface area contributed by atoms with Crippen molar-refractivity contribution in [2.75, 3.05) is 0 Å². The van der Waals surface area contributed by atoms with E-state index in [1.807, 2.05) is 0 Å². The number of alkyl halides is 3. The minimum atomic E-state index is -4.98. The van der Waals surface area contributed by atoms with Crippen molar-refractivity contribution < 1.29 is 41.3 Å². The van der Waals surface area contributed by atoms with Crippen LogP contribution in [0, 0.1) is 25.5 Å². The van der Waals surface area contributed by atoms with Crippen molar-refractivity contribution in [2.45, 2.75) is 33.6 Å². The van der Waals surface area contributed by atoms with E-state index < -0.39 is 29.3 Å². The minimum Gasteiger partial charge on any atom is -0.488 e. The predicted octanol–water partition coefficient (Wildman–Crippen LogP) is 6.76. The van der Waals surface area contributed by atoms with E-state index in [4.69, 9.17) is 9.62 Å². The van der Waals surface area contributed by atoms with Gasteiger partial charge >= 0.3 is 12.1 Å². The number of carbonyl (C=O) groups is 1. The first kappa shape index (κ1) is 23.5. The van der Waals surface area contributed by atoms with Gasteiger partial charge < -0.3 is 4.74 Å². The second-order valence-corrected chi connectivity index (χ2v) is 8.04. The molecule has 0 fully saturated rings. The molecule has 0 atom stereocenters. The maximum Gasteiger partial charge on any atom is 0.419 e. The second-order valence-electron chi connectivity index (χ2n) is 6.90. The molecular weight excluding hydrogens is 455 g/mol. The van der Waals surface area contributed by atoms with Crippen molar-refractivity contribution in [1.82, 2.24) is 0 Å². The summed E-state index contributed by atoms with van der Waals surface area (Å²) >= 11 is 1.09. The summed E-state index contributed by atoms with van der Waals surface area (Å²) in [6, 6.07) is 7.10. The first-order valence-electron chi connectivity index (χ1n) is 9.20. The molecule has 1 aromatic heterocycles. The first-order chi connectivity index (χ1) is 15.0. The molecule has 0 aliphatic rings. The summed E-state index contributed by atoms with van der Waals surface area (Å²) in [6.45, 7) is 4.76. The quantitative estimate of drug-likeness (QED) is 0.226. The maximum atomic E-state index is 14.3. The molecule has 3 aromatic rings. The van der Waals surface area contributed by atoms with Gasteiger partial charge in [0.25, 0.3) is 0 Å². The highest BCUT2D eigenvalue weighted by Gasteiger charge is 2.35. The lowest BCUT2D eigenvalue weighted by Gasteiger charge is -2.10. The van der Waals surface area contributed by atoms with Crippen molar-refractivity contribution in [2.24, 2.45) is 0 Å². The van der Waals surface area contributed by atoms with E-state index in [2.05, 4.69) is 4.89 Å². The minimum absolute atomic E-state index is 0.102. The van der Waals surface area contributed by atoms with Crippen molar-refractivity contribution in [3.63, 3.8) is 0 Å². The number of ether oxygens (including phenoxy) is 1. The molecule has 0 saturated carbocycles. The smallest absolute Gasteiger partial charge is 0.419 e. The van der Waals surface area contributed by atoms with Crippen LogP contribution in [0.1, 0.15) is 28.5 Å². The number of thiophene rings is 1. The lowest BCUT2D eigenvalue weighted by molar-refractivity contribution is -0.211. The Labute approximate surface area is 184 Å². The molecule has 0 N–H and O–H groups in total. The lowest BCUT2D eigenvalue weighted by atomic mass is 10.1. The van der Waals surface area contributed by atoms with E-state index in [-0.39, 0.29) is 23.1 Å². The SMILES string of the molecule is CC(=O)OOc1ccc(OCc2sc(-c3cc(F)c(C(F)(F)F)cc3F)cc2C)cc1C. The highest BCUT2D eigenvalue weighted by molar-refractivity contribution is 7.15. The number of hydrogen-bond acceptors (Lipinski definition) is 5. The van der Waals surface area contributed by atoms with Gasteiger partial charge in [-0.3, -0.25) is 9.78 Å². The van der Waals surface area contributed by atoms with E-state index in [0.717, 1.165) is 16.9 Å². The third-order valence-electron chi connectivity index (χ3n) is 4.41. The van der Waals surface area contributed by atoms with Crippen LogP contribution in [-0.2, 0) is 22.5 Å². The van der Waals surface area contributed by atoms with Crippen molar-refractivity contribution in [3.8, 4) is 21.9 Å². The van der Waals surface area contributed by atoms with Gasteiger partial charge in [-0.2, -0.15) is 13.2 Å². The van der Waals surface area contributed by atoms with E-state index in [1.54, 1.807) is 38.1 Å². The Balaban J connectivity index is 1.76. The first-order valence-corrected chi connectivity index (χ1v) is 10.0. The summed E-state index contributed by atoms with van der Waals surface area (Å²) in [7, 11) is 0. The summed E-state index contributed by atoms with van der Waals surface area (Å²) in [5.74, 6) is -2.48. The van der Waals surface area contributed by atoms with Crippen LogP contribution in [0.3, 0.4) is 0 Å². The summed E-state index contributed by atoms with van der Waals surface area (Å²) in [5, 5.41) is 0. The Hall–Kier alpha value is -3.14. The zero-order chi connectivity index (χ0) is 23.6. The van der Waals surface area contributed by atoms with Crippen LogP contribution < -0.4 is 9.62 Å². The Morgan fingerprint density at radius 3 is 2.34 bits per heavy atom. The molecule has 0 amide bonds. The molecule has 10 heteroatoms. The van der Waals surface area contributed by atoms with Gasteiger partial charge in [0.05, 0.1) is 5.56 Å². The Morgan fingerprint density at radius 2 is 1.72 bits per heavy atom. The molecule has 170 valence electrons. The van der Waals surface area contributed by atoms with Gasteiger partial charge in [0.2, 0.25) is 0 Å². The fourth-order valence-corrected chi connectivity index (χ4v) is 3.91. The van der Waals surface area contributed by atoms with Crippen LogP contribution >= 0.6 is 11.3 Å². The Kier molecular flexibility index (Phi) is 6.73. The molecule has 3 rings (SSSR count). The molecule has 0 spiro atoms. The van der Waals surface area contributed by atoms with Crippen molar-refractivity contribution >= 4 is 17.3 Å². The lowest BCUT2D eigenvalue weighted by Crippen LogP contribution is -2.09. The Bertz CT molecular complexity index is 1150. The van der Waals surface area contributed by atoms with Crippen molar-refractivity contribution in [1.29, 1.82) is 0 Å². The number of carbonyl (C=O) groups excluding carboxylic acids is 1. The molecule has 4 nitrogen and oxygen atoms in total. The van der Waals surface area contributed by atoms with Gasteiger partial charge in [-0.05, 0) is 55.8 Å². The van der Waals surface area contributed by atoms with Crippen LogP contribution in [0.25, 0.3) is 10.4 Å². The van der Waals surface area contributed by atoms with Crippen LogP contribution in [0.2, 0.25) is 0 Å². The molecule has 1 heterocycles. The van der Waals surface area contributed by atoms with E-state index in [0.29, 0.717) is 28.0 Å². The zero-order valence-corrected chi connectivity index (χ0v) is 17.9. The molecule has 0 bridgehead atoms. The van der Waals surface area contributed by atoms with Gasteiger partial charge in [0.15, 0.2) is 5.75 Å². The number of aryl methyl sites for hydroxylation is 2. The van der Waals surface area contributed by atoms with E-state index in [1.165, 1.54) is 6.92 Å². The molecular formula is C22H17F5O4S. The predicted molar refractivity (Wildman–Crippen MR) is 107 cm³/mol. The molecule has 0 unspecified atom stereocenters. The fraction of sp³-hybridized carbons (Fsp3) is 0.227. The summed E-state index contributed by atoms with van der Waals surface area (Å²) < 4.78 is 72.3. The summed E-state index contributed by atoms with van der Waals surface area (Å²) in [4.78, 5) is 21.2. The largest absolute Gasteiger partial charge is 0.488 e. The third-order valence-corrected chi connectivity index (χ3v) is 5.66. The van der Waals surface area contributed by atoms with E-state index in [9.17, 15) is 26.7 Å². The van der Waals surface area contributed by atoms with Gasteiger partial charge in [-0.25, -0.2) is 13.6 Å². The van der Waals surface area contributed by atoms with Gasteiger partial charge in [-0.15, -0.1) is 11.3 Å². The van der Waals surface area contributed by atoms with Crippen LogP contribution in [0.4, 0.5) is 22.0 Å². The summed E-state index contributed by atoms with van der Waals surface area (Å²) in [6.07, 6.45) is -4.98. The van der Waals surface area contributed by atoms with Gasteiger partial charge in [0.1, 0.15) is 24.0 Å². The highest BCUT2D eigenvalue weighted by Crippen LogP contribution is 2.38. The molecule has 0 radical (unpaired) electrons. The maximum absolute atomic E-state index is 14.3. The molecule has 0 aliphatic carbocycles. The average Bonchev–Trinajstić information content (AvgIpc) is 3.06. The standard InChI is InChI=1S/C22H17F5O4S/c1-11-6-14(4-5-19(11)31-30-13(3)28)29-10-21-12(2)7-20(32-21)15-8-18(24)16(9-17(15)23)22(25,26)27/h4-9H,10H2,1-3H3. The van der Waals surface area contributed by atoms with E-state index >= 15 is 0 Å². The fourth-order valence-electron chi connectivity index (χ4n) is 2.81. The molecule has 0 aliphatic heterocycles. The number of halogens is 5. The van der Waals surface area contributed by atoms with Crippen LogP contribution in [-0.4, -0.2) is 5.97 Å². The van der Waals surface area contributed by atoms with Crippen LogP contribution in [0.5, 0.6) is 11.5 Å². The van der Waals surface area contributed by atoms with Crippen molar-refractivity contribution in [3.05, 3.63) is 69.6 Å².